The van der Waals surface area contributed by atoms with Crippen molar-refractivity contribution in [2.75, 3.05) is 18.5 Å². The van der Waals surface area contributed by atoms with E-state index < -0.39 is 0 Å². The zero-order valence-electron chi connectivity index (χ0n) is 9.27. The highest BCUT2D eigenvalue weighted by atomic mass is 19.1. The molecular weight excluding hydrogens is 219 g/mol. The van der Waals surface area contributed by atoms with Crippen molar-refractivity contribution in [1.82, 2.24) is 4.98 Å². The number of anilines is 1. The van der Waals surface area contributed by atoms with E-state index in [4.69, 9.17) is 4.74 Å². The van der Waals surface area contributed by atoms with Gasteiger partial charge in [-0.05, 0) is 36.4 Å². The number of nitrogens with one attached hydrogen (secondary N) is 1. The van der Waals surface area contributed by atoms with Crippen molar-refractivity contribution in [3.05, 3.63) is 54.5 Å². The summed E-state index contributed by atoms with van der Waals surface area (Å²) in [6.45, 7) is 1.15. The highest BCUT2D eigenvalue weighted by Crippen LogP contribution is 2.10. The van der Waals surface area contributed by atoms with Crippen LogP contribution in [0.5, 0.6) is 5.75 Å². The van der Waals surface area contributed by atoms with E-state index >= 15 is 0 Å². The molecular formula is C13H13FN2O. The number of nitrogens with zero attached hydrogens (tertiary/aromatic N) is 1. The summed E-state index contributed by atoms with van der Waals surface area (Å²) in [6.07, 6.45) is 1.73. The molecule has 4 heteroatoms. The summed E-state index contributed by atoms with van der Waals surface area (Å²) in [7, 11) is 0. The second-order valence-corrected chi connectivity index (χ2v) is 3.44. The highest BCUT2D eigenvalue weighted by molar-refractivity contribution is 5.32. The van der Waals surface area contributed by atoms with Crippen LogP contribution in [0, 0.1) is 5.82 Å². The molecule has 3 nitrogen and oxygen atoms in total. The molecule has 1 aromatic heterocycles. The molecule has 0 radical (unpaired) electrons. The third-order valence-electron chi connectivity index (χ3n) is 2.16. The molecule has 88 valence electrons. The molecule has 0 atom stereocenters. The highest BCUT2D eigenvalue weighted by Gasteiger charge is 1.95. The standard InChI is InChI=1S/C13H13FN2O/c14-11-4-6-12(7-5-11)17-10-9-16-13-3-1-2-8-15-13/h1-8H,9-10H2,(H,15,16). The van der Waals surface area contributed by atoms with Crippen molar-refractivity contribution in [2.24, 2.45) is 0 Å². The Morgan fingerprint density at radius 3 is 2.65 bits per heavy atom. The summed E-state index contributed by atoms with van der Waals surface area (Å²) >= 11 is 0. The maximum Gasteiger partial charge on any atom is 0.125 e. The third kappa shape index (κ3) is 3.75. The van der Waals surface area contributed by atoms with E-state index in [0.29, 0.717) is 18.9 Å². The van der Waals surface area contributed by atoms with Crippen LogP contribution in [0.4, 0.5) is 10.2 Å². The van der Waals surface area contributed by atoms with Crippen molar-refractivity contribution < 1.29 is 9.13 Å². The van der Waals surface area contributed by atoms with Crippen molar-refractivity contribution in [1.29, 1.82) is 0 Å². The van der Waals surface area contributed by atoms with Gasteiger partial charge < -0.3 is 10.1 Å². The zero-order valence-corrected chi connectivity index (χ0v) is 9.27. The van der Waals surface area contributed by atoms with E-state index in [2.05, 4.69) is 10.3 Å². The van der Waals surface area contributed by atoms with Crippen molar-refractivity contribution in [3.63, 3.8) is 0 Å². The van der Waals surface area contributed by atoms with Gasteiger partial charge >= 0.3 is 0 Å². The number of rotatable bonds is 5. The summed E-state index contributed by atoms with van der Waals surface area (Å²) in [6, 6.07) is 11.6. The predicted octanol–water partition coefficient (Wildman–Crippen LogP) is 2.71. The summed E-state index contributed by atoms with van der Waals surface area (Å²) < 4.78 is 18.0. The van der Waals surface area contributed by atoms with E-state index in [1.165, 1.54) is 12.1 Å². The number of ether oxygens (including phenoxy) is 1. The lowest BCUT2D eigenvalue weighted by Gasteiger charge is -2.07. The van der Waals surface area contributed by atoms with Crippen LogP contribution in [0.15, 0.2) is 48.7 Å². The van der Waals surface area contributed by atoms with Gasteiger partial charge in [0, 0.05) is 6.20 Å². The van der Waals surface area contributed by atoms with Crippen LogP contribution >= 0.6 is 0 Å². The molecule has 0 saturated heterocycles. The Balaban J connectivity index is 1.71. The fourth-order valence-corrected chi connectivity index (χ4v) is 1.35. The van der Waals surface area contributed by atoms with E-state index in [-0.39, 0.29) is 5.82 Å². The number of aromatic nitrogens is 1. The first-order valence-electron chi connectivity index (χ1n) is 5.38. The van der Waals surface area contributed by atoms with Gasteiger partial charge in [0.05, 0.1) is 6.54 Å². The number of hydrogen-bond acceptors (Lipinski definition) is 3. The average Bonchev–Trinajstić information content (AvgIpc) is 2.38. The molecule has 0 aliphatic heterocycles. The Labute approximate surface area is 99.3 Å². The topological polar surface area (TPSA) is 34.1 Å². The maximum absolute atomic E-state index is 12.6. The summed E-state index contributed by atoms with van der Waals surface area (Å²) in [4.78, 5) is 4.12. The fourth-order valence-electron chi connectivity index (χ4n) is 1.35. The Kier molecular flexibility index (Phi) is 3.91. The van der Waals surface area contributed by atoms with Crippen LogP contribution in [-0.4, -0.2) is 18.1 Å². The summed E-state index contributed by atoms with van der Waals surface area (Å²) in [5, 5.41) is 3.12. The molecule has 2 aromatic rings. The number of pyridine rings is 1. The monoisotopic (exact) mass is 232 g/mol. The van der Waals surface area contributed by atoms with E-state index in [1.54, 1.807) is 18.3 Å². The number of hydrogen-bond donors (Lipinski definition) is 1. The van der Waals surface area contributed by atoms with Crippen molar-refractivity contribution >= 4 is 5.82 Å². The molecule has 17 heavy (non-hydrogen) atoms. The van der Waals surface area contributed by atoms with Crippen LogP contribution in [0.3, 0.4) is 0 Å². The first kappa shape index (κ1) is 11.4. The van der Waals surface area contributed by atoms with E-state index in [0.717, 1.165) is 5.82 Å². The molecule has 0 bridgehead atoms. The minimum atomic E-state index is -0.260. The van der Waals surface area contributed by atoms with Gasteiger partial charge in [0.2, 0.25) is 0 Å². The largest absolute Gasteiger partial charge is 0.492 e. The molecule has 1 heterocycles. The van der Waals surface area contributed by atoms with Gasteiger partial charge in [0.15, 0.2) is 0 Å². The van der Waals surface area contributed by atoms with Crippen LogP contribution < -0.4 is 10.1 Å². The molecule has 2 rings (SSSR count). The predicted molar refractivity (Wildman–Crippen MR) is 64.6 cm³/mol. The van der Waals surface area contributed by atoms with Crippen LogP contribution in [0.1, 0.15) is 0 Å². The van der Waals surface area contributed by atoms with Gasteiger partial charge in [0.25, 0.3) is 0 Å². The summed E-state index contributed by atoms with van der Waals surface area (Å²) in [5.41, 5.74) is 0. The van der Waals surface area contributed by atoms with Crippen LogP contribution in [0.2, 0.25) is 0 Å². The first-order valence-corrected chi connectivity index (χ1v) is 5.38. The SMILES string of the molecule is Fc1ccc(OCCNc2ccccn2)cc1. The molecule has 0 aliphatic carbocycles. The normalized spacial score (nSPS) is 9.94. The van der Waals surface area contributed by atoms with Gasteiger partial charge in [-0.15, -0.1) is 0 Å². The first-order chi connectivity index (χ1) is 8.34. The van der Waals surface area contributed by atoms with E-state index in [1.807, 2.05) is 18.2 Å². The summed E-state index contributed by atoms with van der Waals surface area (Å²) in [5.74, 6) is 1.22. The zero-order chi connectivity index (χ0) is 11.9. The molecule has 0 fully saturated rings. The number of halogens is 1. The Morgan fingerprint density at radius 1 is 1.12 bits per heavy atom. The third-order valence-corrected chi connectivity index (χ3v) is 2.16. The lowest BCUT2D eigenvalue weighted by molar-refractivity contribution is 0.332. The minimum Gasteiger partial charge on any atom is -0.492 e. The second-order valence-electron chi connectivity index (χ2n) is 3.44. The van der Waals surface area contributed by atoms with E-state index in [9.17, 15) is 4.39 Å². The Bertz CT molecular complexity index is 445. The number of benzene rings is 1. The lowest BCUT2D eigenvalue weighted by Crippen LogP contribution is -2.12. The van der Waals surface area contributed by atoms with Crippen molar-refractivity contribution in [2.45, 2.75) is 0 Å². The van der Waals surface area contributed by atoms with Gasteiger partial charge in [-0.3, -0.25) is 0 Å². The van der Waals surface area contributed by atoms with Gasteiger partial charge in [-0.1, -0.05) is 6.07 Å². The van der Waals surface area contributed by atoms with Crippen LogP contribution in [0.25, 0.3) is 0 Å². The van der Waals surface area contributed by atoms with Gasteiger partial charge in [-0.25, -0.2) is 9.37 Å². The minimum absolute atomic E-state index is 0.260. The molecule has 0 spiro atoms. The van der Waals surface area contributed by atoms with Crippen molar-refractivity contribution in [3.8, 4) is 5.75 Å². The van der Waals surface area contributed by atoms with Gasteiger partial charge in [-0.2, -0.15) is 0 Å². The molecule has 1 N–H and O–H groups in total. The lowest BCUT2D eigenvalue weighted by atomic mass is 10.3. The fraction of sp³-hybridized carbons (Fsp3) is 0.154. The maximum atomic E-state index is 12.6. The second kappa shape index (κ2) is 5.84. The Hall–Kier alpha value is -2.10. The Morgan fingerprint density at radius 2 is 1.94 bits per heavy atom. The quantitative estimate of drug-likeness (QED) is 0.805. The average molecular weight is 232 g/mol. The molecule has 0 saturated carbocycles. The molecule has 0 amide bonds. The molecule has 0 unspecified atom stereocenters. The van der Waals surface area contributed by atoms with Crippen LogP contribution in [-0.2, 0) is 0 Å². The smallest absolute Gasteiger partial charge is 0.125 e. The molecule has 1 aromatic carbocycles. The molecule has 0 aliphatic rings. The van der Waals surface area contributed by atoms with Gasteiger partial charge in [0.1, 0.15) is 24.0 Å².